The van der Waals surface area contributed by atoms with Crippen LogP contribution in [-0.4, -0.2) is 15.6 Å². The summed E-state index contributed by atoms with van der Waals surface area (Å²) in [6, 6.07) is 0.571. The second kappa shape index (κ2) is 5.59. The molecule has 3 heteroatoms. The molecule has 18 heavy (non-hydrogen) atoms. The molecule has 0 radical (unpaired) electrons. The molecule has 0 aliphatic heterocycles. The van der Waals surface area contributed by atoms with Crippen molar-refractivity contribution in [2.45, 2.75) is 52.6 Å². The molecule has 1 fully saturated rings. The monoisotopic (exact) mass is 247 g/mol. The Hall–Kier alpha value is -1.25. The van der Waals surface area contributed by atoms with Gasteiger partial charge in [-0.1, -0.05) is 19.9 Å². The number of hydrogen-bond acceptors (Lipinski definition) is 2. The van der Waals surface area contributed by atoms with Crippen molar-refractivity contribution < 1.29 is 0 Å². The lowest BCUT2D eigenvalue weighted by Gasteiger charge is -2.32. The standard InChI is InChI=1S/C15H25N3/c1-5-8-18-10-13(4)16-15(18)17-14-7-6-11(2)12(3)9-14/h5,10-12,14H,1,6-9H2,2-4H3,(H,16,17). The topological polar surface area (TPSA) is 29.9 Å². The highest BCUT2D eigenvalue weighted by Gasteiger charge is 2.25. The summed E-state index contributed by atoms with van der Waals surface area (Å²) in [6.07, 6.45) is 7.82. The summed E-state index contributed by atoms with van der Waals surface area (Å²) in [5.74, 6) is 2.66. The van der Waals surface area contributed by atoms with Crippen molar-refractivity contribution in [3.8, 4) is 0 Å². The van der Waals surface area contributed by atoms with Gasteiger partial charge >= 0.3 is 0 Å². The summed E-state index contributed by atoms with van der Waals surface area (Å²) in [6.45, 7) is 11.4. The Bertz CT molecular complexity index is 408. The van der Waals surface area contributed by atoms with Gasteiger partial charge in [-0.05, 0) is 38.0 Å². The number of rotatable bonds is 4. The van der Waals surface area contributed by atoms with Crippen LogP contribution in [0.3, 0.4) is 0 Å². The molecule has 1 saturated carbocycles. The Morgan fingerprint density at radius 3 is 2.89 bits per heavy atom. The maximum Gasteiger partial charge on any atom is 0.203 e. The third kappa shape index (κ3) is 2.95. The molecule has 0 spiro atoms. The molecule has 1 aromatic rings. The van der Waals surface area contributed by atoms with Crippen LogP contribution in [0.25, 0.3) is 0 Å². The van der Waals surface area contributed by atoms with E-state index in [1.807, 2.05) is 13.0 Å². The van der Waals surface area contributed by atoms with Crippen LogP contribution < -0.4 is 5.32 Å². The lowest BCUT2D eigenvalue weighted by atomic mass is 9.79. The lowest BCUT2D eigenvalue weighted by molar-refractivity contribution is 0.260. The average Bonchev–Trinajstić information content (AvgIpc) is 2.65. The van der Waals surface area contributed by atoms with Gasteiger partial charge in [-0.3, -0.25) is 0 Å². The molecular formula is C15H25N3. The van der Waals surface area contributed by atoms with E-state index < -0.39 is 0 Å². The molecule has 100 valence electrons. The van der Waals surface area contributed by atoms with E-state index in [0.29, 0.717) is 6.04 Å². The smallest absolute Gasteiger partial charge is 0.203 e. The number of nitrogens with one attached hydrogen (secondary N) is 1. The number of nitrogens with zero attached hydrogens (tertiary/aromatic N) is 2. The summed E-state index contributed by atoms with van der Waals surface area (Å²) in [5.41, 5.74) is 1.07. The van der Waals surface area contributed by atoms with Crippen molar-refractivity contribution in [2.24, 2.45) is 11.8 Å². The first-order chi connectivity index (χ1) is 8.60. The van der Waals surface area contributed by atoms with Gasteiger partial charge in [-0.15, -0.1) is 6.58 Å². The highest BCUT2D eigenvalue weighted by atomic mass is 15.2. The van der Waals surface area contributed by atoms with Gasteiger partial charge in [-0.25, -0.2) is 4.98 Å². The number of allylic oxidation sites excluding steroid dienone is 1. The molecule has 0 bridgehead atoms. The van der Waals surface area contributed by atoms with Crippen LogP contribution in [0, 0.1) is 18.8 Å². The van der Waals surface area contributed by atoms with Gasteiger partial charge in [0, 0.05) is 18.8 Å². The van der Waals surface area contributed by atoms with Crippen LogP contribution in [0.5, 0.6) is 0 Å². The molecule has 3 atom stereocenters. The Kier molecular flexibility index (Phi) is 4.10. The van der Waals surface area contributed by atoms with Crippen LogP contribution >= 0.6 is 0 Å². The molecule has 2 rings (SSSR count). The normalized spacial score (nSPS) is 28.1. The third-order valence-corrected chi connectivity index (χ3v) is 4.15. The predicted octanol–water partition coefficient (Wildman–Crippen LogP) is 3.61. The number of anilines is 1. The molecular weight excluding hydrogens is 222 g/mol. The van der Waals surface area contributed by atoms with Gasteiger partial charge in [0.1, 0.15) is 0 Å². The zero-order chi connectivity index (χ0) is 13.1. The molecule has 3 unspecified atom stereocenters. The number of aryl methyl sites for hydroxylation is 1. The van der Waals surface area contributed by atoms with Crippen molar-refractivity contribution in [2.75, 3.05) is 5.32 Å². The molecule has 1 N–H and O–H groups in total. The van der Waals surface area contributed by atoms with E-state index in [-0.39, 0.29) is 0 Å². The number of hydrogen-bond donors (Lipinski definition) is 1. The zero-order valence-corrected chi connectivity index (χ0v) is 11.8. The minimum Gasteiger partial charge on any atom is -0.353 e. The zero-order valence-electron chi connectivity index (χ0n) is 11.8. The minimum atomic E-state index is 0.571. The molecule has 3 nitrogen and oxygen atoms in total. The fraction of sp³-hybridized carbons (Fsp3) is 0.667. The van der Waals surface area contributed by atoms with Crippen molar-refractivity contribution in [1.29, 1.82) is 0 Å². The first kappa shape index (κ1) is 13.2. The first-order valence-electron chi connectivity index (χ1n) is 7.01. The second-order valence-electron chi connectivity index (χ2n) is 5.76. The van der Waals surface area contributed by atoms with E-state index in [1.54, 1.807) is 0 Å². The predicted molar refractivity (Wildman–Crippen MR) is 76.8 cm³/mol. The molecule has 1 aliphatic carbocycles. The minimum absolute atomic E-state index is 0.571. The highest BCUT2D eigenvalue weighted by Crippen LogP contribution is 2.30. The van der Waals surface area contributed by atoms with E-state index in [4.69, 9.17) is 0 Å². The molecule has 1 aliphatic rings. The summed E-state index contributed by atoms with van der Waals surface area (Å²) < 4.78 is 2.14. The van der Waals surface area contributed by atoms with E-state index >= 15 is 0 Å². The van der Waals surface area contributed by atoms with Gasteiger partial charge in [-0.2, -0.15) is 0 Å². The van der Waals surface area contributed by atoms with Gasteiger partial charge in [0.15, 0.2) is 0 Å². The Labute approximate surface area is 110 Å². The van der Waals surface area contributed by atoms with E-state index in [1.165, 1.54) is 19.3 Å². The summed E-state index contributed by atoms with van der Waals surface area (Å²) in [7, 11) is 0. The molecule has 1 aromatic heterocycles. The number of imidazole rings is 1. The van der Waals surface area contributed by atoms with Gasteiger partial charge < -0.3 is 9.88 Å². The maximum absolute atomic E-state index is 4.57. The molecule has 1 heterocycles. The SMILES string of the molecule is C=CCn1cc(C)nc1NC1CCC(C)C(C)C1. The largest absolute Gasteiger partial charge is 0.353 e. The van der Waals surface area contributed by atoms with Crippen molar-refractivity contribution in [1.82, 2.24) is 9.55 Å². The van der Waals surface area contributed by atoms with E-state index in [0.717, 1.165) is 30.0 Å². The van der Waals surface area contributed by atoms with Gasteiger partial charge in [0.25, 0.3) is 0 Å². The highest BCUT2D eigenvalue weighted by molar-refractivity contribution is 5.30. The van der Waals surface area contributed by atoms with Crippen molar-refractivity contribution >= 4 is 5.95 Å². The number of aromatic nitrogens is 2. The van der Waals surface area contributed by atoms with Gasteiger partial charge in [0.2, 0.25) is 5.95 Å². The fourth-order valence-electron chi connectivity index (χ4n) is 2.80. The first-order valence-corrected chi connectivity index (χ1v) is 7.01. The maximum atomic E-state index is 4.57. The molecule has 0 aromatic carbocycles. The lowest BCUT2D eigenvalue weighted by Crippen LogP contribution is -2.31. The Morgan fingerprint density at radius 1 is 1.44 bits per heavy atom. The van der Waals surface area contributed by atoms with Crippen LogP contribution in [0.4, 0.5) is 5.95 Å². The molecule has 0 amide bonds. The second-order valence-corrected chi connectivity index (χ2v) is 5.76. The quantitative estimate of drug-likeness (QED) is 0.824. The Balaban J connectivity index is 2.02. The average molecular weight is 247 g/mol. The van der Waals surface area contributed by atoms with Crippen molar-refractivity contribution in [3.63, 3.8) is 0 Å². The summed E-state index contributed by atoms with van der Waals surface area (Å²) >= 11 is 0. The van der Waals surface area contributed by atoms with Crippen molar-refractivity contribution in [3.05, 3.63) is 24.5 Å². The van der Waals surface area contributed by atoms with Gasteiger partial charge in [0.05, 0.1) is 5.69 Å². The Morgan fingerprint density at radius 2 is 2.22 bits per heavy atom. The summed E-state index contributed by atoms with van der Waals surface area (Å²) in [5, 5.41) is 3.61. The van der Waals surface area contributed by atoms with E-state index in [9.17, 15) is 0 Å². The third-order valence-electron chi connectivity index (χ3n) is 4.15. The summed E-state index contributed by atoms with van der Waals surface area (Å²) in [4.78, 5) is 4.57. The van der Waals surface area contributed by atoms with Crippen LogP contribution in [-0.2, 0) is 6.54 Å². The molecule has 0 saturated heterocycles. The van der Waals surface area contributed by atoms with E-state index in [2.05, 4.69) is 41.5 Å². The van der Waals surface area contributed by atoms with Crippen LogP contribution in [0.1, 0.15) is 38.8 Å². The van der Waals surface area contributed by atoms with Crippen LogP contribution in [0.15, 0.2) is 18.9 Å². The van der Waals surface area contributed by atoms with Crippen LogP contribution in [0.2, 0.25) is 0 Å². The fourth-order valence-corrected chi connectivity index (χ4v) is 2.80.